The molecule has 2 aromatic rings. The summed E-state index contributed by atoms with van der Waals surface area (Å²) in [5, 5.41) is 17.8. The molecular weight excluding hydrogens is 312 g/mol. The van der Waals surface area contributed by atoms with Crippen molar-refractivity contribution in [2.24, 2.45) is 0 Å². The van der Waals surface area contributed by atoms with Crippen LogP contribution in [0.4, 0.5) is 0 Å². The molecule has 0 aliphatic heterocycles. The van der Waals surface area contributed by atoms with Crippen LogP contribution in [0.2, 0.25) is 0 Å². The maximum Gasteiger partial charge on any atom is 0.335 e. The molecule has 2 aromatic carbocycles. The Kier molecular flexibility index (Phi) is 5.31. The van der Waals surface area contributed by atoms with Crippen LogP contribution in [-0.2, 0) is 11.2 Å². The molecule has 0 aromatic heterocycles. The molecule has 0 saturated carbocycles. The van der Waals surface area contributed by atoms with Crippen molar-refractivity contribution >= 4 is 17.7 Å². The van der Waals surface area contributed by atoms with Crippen molar-refractivity contribution in [3.63, 3.8) is 0 Å². The van der Waals surface area contributed by atoms with E-state index in [9.17, 15) is 14.4 Å². The van der Waals surface area contributed by atoms with Crippen LogP contribution in [0.3, 0.4) is 0 Å². The van der Waals surface area contributed by atoms with Crippen molar-refractivity contribution in [3.8, 4) is 5.75 Å². The van der Waals surface area contributed by atoms with Crippen LogP contribution in [0.25, 0.3) is 0 Å². The van der Waals surface area contributed by atoms with Gasteiger partial charge in [0.25, 0.3) is 0 Å². The van der Waals surface area contributed by atoms with E-state index in [1.165, 1.54) is 31.4 Å². The number of carboxylic acid groups (broad SMARTS) is 2. The number of ether oxygens (including phenoxy) is 1. The topological polar surface area (TPSA) is 101 Å². The zero-order chi connectivity index (χ0) is 17.7. The molecule has 0 atom stereocenters. The molecule has 2 N–H and O–H groups in total. The number of aryl methyl sites for hydroxylation is 1. The minimum absolute atomic E-state index is 0.0282. The summed E-state index contributed by atoms with van der Waals surface area (Å²) in [5.41, 5.74) is 1.24. The lowest BCUT2D eigenvalue weighted by Gasteiger charge is -2.10. The summed E-state index contributed by atoms with van der Waals surface area (Å²) in [6.07, 6.45) is 0.150. The van der Waals surface area contributed by atoms with Gasteiger partial charge < -0.3 is 14.9 Å². The molecule has 0 saturated heterocycles. The van der Waals surface area contributed by atoms with E-state index in [1.807, 2.05) is 0 Å². The Bertz CT molecular complexity index is 794. The van der Waals surface area contributed by atoms with Gasteiger partial charge in [0, 0.05) is 17.5 Å². The molecule has 0 aliphatic carbocycles. The number of carbonyl (C=O) groups is 3. The third-order valence-electron chi connectivity index (χ3n) is 3.52. The number of methoxy groups -OCH3 is 1. The quantitative estimate of drug-likeness (QED) is 0.758. The average Bonchev–Trinajstić information content (AvgIpc) is 2.59. The van der Waals surface area contributed by atoms with Crippen molar-refractivity contribution in [2.45, 2.75) is 12.8 Å². The Labute approximate surface area is 138 Å². The van der Waals surface area contributed by atoms with Crippen molar-refractivity contribution in [1.29, 1.82) is 0 Å². The summed E-state index contributed by atoms with van der Waals surface area (Å²) in [7, 11) is 1.47. The Balaban J connectivity index is 2.35. The van der Waals surface area contributed by atoms with Gasteiger partial charge in [-0.25, -0.2) is 4.79 Å². The summed E-state index contributed by atoms with van der Waals surface area (Å²) in [6.45, 7) is 0. The second-order valence-corrected chi connectivity index (χ2v) is 5.14. The highest BCUT2D eigenvalue weighted by Gasteiger charge is 2.14. The fourth-order valence-corrected chi connectivity index (χ4v) is 2.32. The first-order valence-corrected chi connectivity index (χ1v) is 7.19. The Morgan fingerprint density at radius 1 is 0.958 bits per heavy atom. The number of ketones is 1. The van der Waals surface area contributed by atoms with E-state index >= 15 is 0 Å². The largest absolute Gasteiger partial charge is 0.496 e. The van der Waals surface area contributed by atoms with Gasteiger partial charge in [-0.2, -0.15) is 0 Å². The summed E-state index contributed by atoms with van der Waals surface area (Å²) in [4.78, 5) is 34.3. The van der Waals surface area contributed by atoms with Crippen molar-refractivity contribution in [1.82, 2.24) is 0 Å². The number of carboxylic acids is 2. The first kappa shape index (κ1) is 17.2. The van der Waals surface area contributed by atoms with E-state index < -0.39 is 11.9 Å². The molecule has 6 nitrogen and oxygen atoms in total. The van der Waals surface area contributed by atoms with Gasteiger partial charge in [0.15, 0.2) is 5.78 Å². The van der Waals surface area contributed by atoms with Crippen LogP contribution in [0.5, 0.6) is 5.75 Å². The Hall–Kier alpha value is -3.15. The maximum absolute atomic E-state index is 12.6. The molecule has 0 aliphatic rings. The number of aliphatic carboxylic acids is 1. The molecular formula is C18H16O6. The zero-order valence-corrected chi connectivity index (χ0v) is 13.0. The summed E-state index contributed by atoms with van der Waals surface area (Å²) >= 11 is 0. The van der Waals surface area contributed by atoms with Crippen LogP contribution in [0, 0.1) is 0 Å². The van der Waals surface area contributed by atoms with Crippen LogP contribution < -0.4 is 4.74 Å². The predicted octanol–water partition coefficient (Wildman–Crippen LogP) is 2.64. The minimum Gasteiger partial charge on any atom is -0.496 e. The third kappa shape index (κ3) is 3.98. The maximum atomic E-state index is 12.6. The van der Waals surface area contributed by atoms with Gasteiger partial charge in [0.05, 0.1) is 12.7 Å². The van der Waals surface area contributed by atoms with Gasteiger partial charge in [-0.1, -0.05) is 12.1 Å². The Morgan fingerprint density at radius 3 is 2.25 bits per heavy atom. The van der Waals surface area contributed by atoms with Gasteiger partial charge >= 0.3 is 11.9 Å². The molecule has 0 unspecified atom stereocenters. The average molecular weight is 328 g/mol. The van der Waals surface area contributed by atoms with Gasteiger partial charge in [-0.3, -0.25) is 9.59 Å². The third-order valence-corrected chi connectivity index (χ3v) is 3.52. The van der Waals surface area contributed by atoms with E-state index in [4.69, 9.17) is 14.9 Å². The molecule has 24 heavy (non-hydrogen) atoms. The van der Waals surface area contributed by atoms with E-state index in [0.717, 1.165) is 0 Å². The fraction of sp³-hybridized carbons (Fsp3) is 0.167. The summed E-state index contributed by atoms with van der Waals surface area (Å²) in [6, 6.07) is 10.5. The van der Waals surface area contributed by atoms with E-state index in [1.54, 1.807) is 18.2 Å². The second kappa shape index (κ2) is 7.41. The lowest BCUT2D eigenvalue weighted by molar-refractivity contribution is -0.136. The Morgan fingerprint density at radius 2 is 1.62 bits per heavy atom. The minimum atomic E-state index is -1.11. The molecule has 124 valence electrons. The molecule has 2 rings (SSSR count). The van der Waals surface area contributed by atoms with E-state index in [-0.39, 0.29) is 29.8 Å². The molecule has 0 spiro atoms. The van der Waals surface area contributed by atoms with Gasteiger partial charge in [0.2, 0.25) is 0 Å². The number of rotatable bonds is 7. The lowest BCUT2D eigenvalue weighted by Crippen LogP contribution is -2.06. The number of hydrogen-bond donors (Lipinski definition) is 2. The van der Waals surface area contributed by atoms with Crippen molar-refractivity contribution in [2.75, 3.05) is 7.11 Å². The van der Waals surface area contributed by atoms with Crippen LogP contribution in [0.1, 0.15) is 38.3 Å². The predicted molar refractivity (Wildman–Crippen MR) is 85.8 cm³/mol. The summed E-state index contributed by atoms with van der Waals surface area (Å²) < 4.78 is 5.19. The SMILES string of the molecule is COc1ccc(C(=O)c2cccc(C(=O)O)c2)cc1CCC(=O)O. The van der Waals surface area contributed by atoms with Crippen molar-refractivity contribution in [3.05, 3.63) is 64.7 Å². The molecule has 6 heteroatoms. The fourth-order valence-electron chi connectivity index (χ4n) is 2.32. The van der Waals surface area contributed by atoms with E-state index in [2.05, 4.69) is 0 Å². The smallest absolute Gasteiger partial charge is 0.335 e. The lowest BCUT2D eigenvalue weighted by atomic mass is 9.98. The monoisotopic (exact) mass is 328 g/mol. The normalized spacial score (nSPS) is 10.2. The molecule has 0 amide bonds. The zero-order valence-electron chi connectivity index (χ0n) is 13.0. The second-order valence-electron chi connectivity index (χ2n) is 5.14. The first-order valence-electron chi connectivity index (χ1n) is 7.19. The molecule has 0 radical (unpaired) electrons. The number of carbonyl (C=O) groups excluding carboxylic acids is 1. The highest BCUT2D eigenvalue weighted by molar-refractivity contribution is 6.10. The van der Waals surface area contributed by atoms with Crippen molar-refractivity contribution < 1.29 is 29.3 Å². The van der Waals surface area contributed by atoms with Crippen LogP contribution in [-0.4, -0.2) is 35.0 Å². The standard InChI is InChI=1S/C18H16O6/c1-24-15-7-5-13(9-11(15)6-8-16(19)20)17(21)12-3-2-4-14(10-12)18(22)23/h2-5,7,9-10H,6,8H2,1H3,(H,19,20)(H,22,23). The highest BCUT2D eigenvalue weighted by atomic mass is 16.5. The summed E-state index contributed by atoms with van der Waals surface area (Å²) in [5.74, 6) is -1.88. The van der Waals surface area contributed by atoms with Gasteiger partial charge in [-0.05, 0) is 42.3 Å². The highest BCUT2D eigenvalue weighted by Crippen LogP contribution is 2.23. The number of benzene rings is 2. The van der Waals surface area contributed by atoms with E-state index in [0.29, 0.717) is 16.9 Å². The van der Waals surface area contributed by atoms with Crippen LogP contribution in [0.15, 0.2) is 42.5 Å². The van der Waals surface area contributed by atoms with Crippen LogP contribution >= 0.6 is 0 Å². The van der Waals surface area contributed by atoms with Gasteiger partial charge in [-0.15, -0.1) is 0 Å². The number of aromatic carboxylic acids is 1. The first-order chi connectivity index (χ1) is 11.4. The molecule has 0 heterocycles. The number of hydrogen-bond acceptors (Lipinski definition) is 4. The molecule has 0 bridgehead atoms. The molecule has 0 fully saturated rings. The van der Waals surface area contributed by atoms with Gasteiger partial charge in [0.1, 0.15) is 5.75 Å².